The van der Waals surface area contributed by atoms with Crippen molar-refractivity contribution in [2.75, 3.05) is 23.9 Å². The van der Waals surface area contributed by atoms with Crippen molar-refractivity contribution in [1.82, 2.24) is 0 Å². The SMILES string of the molecule is COc1ccccc1NC(=O)c1ccc2c(c1)CCCN2C(=O)c1ccccc1. The Kier molecular flexibility index (Phi) is 5.29. The predicted molar refractivity (Wildman–Crippen MR) is 114 cm³/mol. The van der Waals surface area contributed by atoms with E-state index in [9.17, 15) is 9.59 Å². The van der Waals surface area contributed by atoms with E-state index in [1.165, 1.54) is 0 Å². The van der Waals surface area contributed by atoms with E-state index in [1.54, 1.807) is 30.2 Å². The Morgan fingerprint density at radius 2 is 1.69 bits per heavy atom. The molecule has 0 bridgehead atoms. The van der Waals surface area contributed by atoms with E-state index in [1.807, 2.05) is 54.6 Å². The molecule has 0 spiro atoms. The number of anilines is 2. The van der Waals surface area contributed by atoms with Gasteiger partial charge in [0, 0.05) is 23.4 Å². The van der Waals surface area contributed by atoms with Crippen LogP contribution < -0.4 is 15.0 Å². The minimum Gasteiger partial charge on any atom is -0.495 e. The van der Waals surface area contributed by atoms with Gasteiger partial charge in [-0.2, -0.15) is 0 Å². The highest BCUT2D eigenvalue weighted by Gasteiger charge is 2.24. The normalized spacial score (nSPS) is 12.8. The molecule has 0 aromatic heterocycles. The third-order valence-electron chi connectivity index (χ3n) is 5.08. The summed E-state index contributed by atoms with van der Waals surface area (Å²) in [7, 11) is 1.57. The van der Waals surface area contributed by atoms with E-state index in [0.29, 0.717) is 29.1 Å². The standard InChI is InChI=1S/C24H22N2O3/c1-29-22-12-6-5-11-20(22)25-23(27)19-13-14-21-18(16-19)10-7-15-26(21)24(28)17-8-3-2-4-9-17/h2-6,8-9,11-14,16H,7,10,15H2,1H3,(H,25,27). The van der Waals surface area contributed by atoms with Crippen molar-refractivity contribution in [2.45, 2.75) is 12.8 Å². The van der Waals surface area contributed by atoms with Gasteiger partial charge in [-0.15, -0.1) is 0 Å². The summed E-state index contributed by atoms with van der Waals surface area (Å²) in [5.74, 6) is 0.389. The summed E-state index contributed by atoms with van der Waals surface area (Å²) in [4.78, 5) is 27.5. The third-order valence-corrected chi connectivity index (χ3v) is 5.08. The molecule has 0 aliphatic carbocycles. The number of carbonyl (C=O) groups is 2. The summed E-state index contributed by atoms with van der Waals surface area (Å²) in [5.41, 5.74) is 3.73. The first kappa shape index (κ1) is 18.7. The third kappa shape index (κ3) is 3.85. The van der Waals surface area contributed by atoms with Crippen LogP contribution in [0.5, 0.6) is 5.75 Å². The summed E-state index contributed by atoms with van der Waals surface area (Å²) in [5, 5.41) is 2.90. The quantitative estimate of drug-likeness (QED) is 0.716. The lowest BCUT2D eigenvalue weighted by atomic mass is 9.98. The van der Waals surface area contributed by atoms with E-state index in [4.69, 9.17) is 4.74 Å². The maximum absolute atomic E-state index is 12.9. The van der Waals surface area contributed by atoms with Crippen LogP contribution in [0.2, 0.25) is 0 Å². The van der Waals surface area contributed by atoms with Gasteiger partial charge in [0.05, 0.1) is 12.8 Å². The monoisotopic (exact) mass is 386 g/mol. The molecule has 29 heavy (non-hydrogen) atoms. The fourth-order valence-electron chi connectivity index (χ4n) is 3.63. The van der Waals surface area contributed by atoms with Gasteiger partial charge in [0.15, 0.2) is 0 Å². The van der Waals surface area contributed by atoms with E-state index in [-0.39, 0.29) is 11.8 Å². The maximum Gasteiger partial charge on any atom is 0.258 e. The summed E-state index contributed by atoms with van der Waals surface area (Å²) in [6.07, 6.45) is 1.70. The maximum atomic E-state index is 12.9. The molecule has 3 aromatic rings. The number of nitrogens with one attached hydrogen (secondary N) is 1. The molecule has 2 amide bonds. The van der Waals surface area contributed by atoms with Gasteiger partial charge in [-0.3, -0.25) is 9.59 Å². The van der Waals surface area contributed by atoms with Crippen molar-refractivity contribution in [3.8, 4) is 5.75 Å². The number of methoxy groups -OCH3 is 1. The zero-order valence-electron chi connectivity index (χ0n) is 16.2. The lowest BCUT2D eigenvalue weighted by Crippen LogP contribution is -2.35. The van der Waals surface area contributed by atoms with E-state index >= 15 is 0 Å². The van der Waals surface area contributed by atoms with Crippen molar-refractivity contribution >= 4 is 23.2 Å². The number of aryl methyl sites for hydroxylation is 1. The number of hydrogen-bond donors (Lipinski definition) is 1. The predicted octanol–water partition coefficient (Wildman–Crippen LogP) is 4.54. The van der Waals surface area contributed by atoms with E-state index in [0.717, 1.165) is 24.1 Å². The van der Waals surface area contributed by atoms with Crippen LogP contribution in [0.3, 0.4) is 0 Å². The molecular weight excluding hydrogens is 364 g/mol. The summed E-state index contributed by atoms with van der Waals surface area (Å²) in [6, 6.07) is 22.1. The number of hydrogen-bond acceptors (Lipinski definition) is 3. The van der Waals surface area contributed by atoms with Gasteiger partial charge < -0.3 is 15.0 Å². The average molecular weight is 386 g/mol. The Morgan fingerprint density at radius 3 is 2.48 bits per heavy atom. The Morgan fingerprint density at radius 1 is 0.931 bits per heavy atom. The highest BCUT2D eigenvalue weighted by molar-refractivity contribution is 6.08. The largest absolute Gasteiger partial charge is 0.495 e. The van der Waals surface area contributed by atoms with Crippen molar-refractivity contribution < 1.29 is 14.3 Å². The first-order chi connectivity index (χ1) is 14.2. The van der Waals surface area contributed by atoms with Gasteiger partial charge in [0.2, 0.25) is 0 Å². The number of amides is 2. The molecule has 1 aliphatic heterocycles. The van der Waals surface area contributed by atoms with Crippen LogP contribution >= 0.6 is 0 Å². The topological polar surface area (TPSA) is 58.6 Å². The van der Waals surface area contributed by atoms with Gasteiger partial charge in [-0.1, -0.05) is 30.3 Å². The zero-order valence-corrected chi connectivity index (χ0v) is 16.2. The molecule has 0 radical (unpaired) electrons. The molecular formula is C24H22N2O3. The van der Waals surface area contributed by atoms with Crippen molar-refractivity contribution in [3.05, 3.63) is 89.5 Å². The minimum atomic E-state index is -0.205. The van der Waals surface area contributed by atoms with Crippen LogP contribution in [-0.2, 0) is 6.42 Å². The molecule has 5 nitrogen and oxygen atoms in total. The fourth-order valence-corrected chi connectivity index (χ4v) is 3.63. The first-order valence-electron chi connectivity index (χ1n) is 9.61. The number of carbonyl (C=O) groups excluding carboxylic acids is 2. The van der Waals surface area contributed by atoms with Crippen molar-refractivity contribution in [2.24, 2.45) is 0 Å². The molecule has 0 fully saturated rings. The van der Waals surface area contributed by atoms with Gasteiger partial charge in [-0.25, -0.2) is 0 Å². The second-order valence-corrected chi connectivity index (χ2v) is 6.92. The summed E-state index contributed by atoms with van der Waals surface area (Å²) >= 11 is 0. The van der Waals surface area contributed by atoms with Crippen LogP contribution in [0.25, 0.3) is 0 Å². The molecule has 3 aromatic carbocycles. The fraction of sp³-hybridized carbons (Fsp3) is 0.167. The average Bonchev–Trinajstić information content (AvgIpc) is 2.78. The molecule has 1 aliphatic rings. The Labute approximate surface area is 169 Å². The summed E-state index contributed by atoms with van der Waals surface area (Å²) < 4.78 is 5.30. The molecule has 5 heteroatoms. The summed E-state index contributed by atoms with van der Waals surface area (Å²) in [6.45, 7) is 0.674. The molecule has 1 N–H and O–H groups in total. The highest BCUT2D eigenvalue weighted by atomic mass is 16.5. The molecule has 0 saturated carbocycles. The second kappa shape index (κ2) is 8.19. The van der Waals surface area contributed by atoms with E-state index in [2.05, 4.69) is 5.32 Å². The zero-order chi connectivity index (χ0) is 20.2. The van der Waals surface area contributed by atoms with Crippen molar-refractivity contribution in [3.63, 3.8) is 0 Å². The second-order valence-electron chi connectivity index (χ2n) is 6.92. The van der Waals surface area contributed by atoms with Gasteiger partial charge in [0.25, 0.3) is 11.8 Å². The van der Waals surface area contributed by atoms with Crippen LogP contribution in [-0.4, -0.2) is 25.5 Å². The minimum absolute atomic E-state index is 0.0160. The Bertz CT molecular complexity index is 1050. The number of para-hydroxylation sites is 2. The Hall–Kier alpha value is -3.60. The molecule has 0 unspecified atom stereocenters. The van der Waals surface area contributed by atoms with Gasteiger partial charge in [0.1, 0.15) is 5.75 Å². The van der Waals surface area contributed by atoms with Crippen LogP contribution in [0.1, 0.15) is 32.7 Å². The lowest BCUT2D eigenvalue weighted by Gasteiger charge is -2.30. The van der Waals surface area contributed by atoms with E-state index < -0.39 is 0 Å². The van der Waals surface area contributed by atoms with Crippen LogP contribution in [0.15, 0.2) is 72.8 Å². The number of benzene rings is 3. The highest BCUT2D eigenvalue weighted by Crippen LogP contribution is 2.30. The molecule has 0 saturated heterocycles. The first-order valence-corrected chi connectivity index (χ1v) is 9.61. The van der Waals surface area contributed by atoms with Crippen LogP contribution in [0.4, 0.5) is 11.4 Å². The molecule has 0 atom stereocenters. The number of fused-ring (bicyclic) bond motifs is 1. The van der Waals surface area contributed by atoms with Crippen molar-refractivity contribution in [1.29, 1.82) is 0 Å². The molecule has 1 heterocycles. The van der Waals surface area contributed by atoms with Gasteiger partial charge in [-0.05, 0) is 60.9 Å². The Balaban J connectivity index is 1.58. The molecule has 4 rings (SSSR count). The number of rotatable bonds is 4. The number of nitrogens with zero attached hydrogens (tertiary/aromatic N) is 1. The van der Waals surface area contributed by atoms with Crippen LogP contribution in [0, 0.1) is 0 Å². The lowest BCUT2D eigenvalue weighted by molar-refractivity contribution is 0.0984. The molecule has 146 valence electrons. The van der Waals surface area contributed by atoms with Gasteiger partial charge >= 0.3 is 0 Å². The number of ether oxygens (including phenoxy) is 1. The smallest absolute Gasteiger partial charge is 0.258 e.